The molecule has 0 radical (unpaired) electrons. The molecule has 15 aromatic rings. The highest BCUT2D eigenvalue weighted by Crippen LogP contribution is 2.48. The normalized spacial score (nSPS) is 12.2. The van der Waals surface area contributed by atoms with Crippen molar-refractivity contribution in [1.82, 2.24) is 0 Å². The van der Waals surface area contributed by atoms with Crippen LogP contribution in [0.1, 0.15) is 0 Å². The van der Waals surface area contributed by atoms with Crippen LogP contribution in [-0.2, 0) is 0 Å². The van der Waals surface area contributed by atoms with Crippen LogP contribution in [-0.4, -0.2) is 0 Å². The van der Waals surface area contributed by atoms with Gasteiger partial charge in [-0.05, 0) is 144 Å². The van der Waals surface area contributed by atoms with Crippen molar-refractivity contribution in [2.75, 3.05) is 0 Å². The maximum Gasteiger partial charge on any atom is 0.143 e. The summed E-state index contributed by atoms with van der Waals surface area (Å²) >= 11 is 0. The Morgan fingerprint density at radius 1 is 0.209 bits per heavy atom. The van der Waals surface area contributed by atoms with Gasteiger partial charge in [-0.25, -0.2) is 0 Å². The highest BCUT2D eigenvalue weighted by atomic mass is 16.3. The maximum atomic E-state index is 7.08. The fourth-order valence-corrected chi connectivity index (χ4v) is 11.7. The molecule has 0 aliphatic carbocycles. The number of fused-ring (bicyclic) bond motifs is 4. The van der Waals surface area contributed by atoms with Gasteiger partial charge in [-0.1, -0.05) is 212 Å². The smallest absolute Gasteiger partial charge is 0.143 e. The summed E-state index contributed by atoms with van der Waals surface area (Å²) in [4.78, 5) is 0. The molecule has 0 saturated heterocycles. The molecule has 0 spiro atoms. The summed E-state index contributed by atoms with van der Waals surface area (Å²) in [5.74, 6) is 0. The molecule has 1 heteroatoms. The molecular weight excluding hydrogens is 809 g/mol. The number of benzene rings is 14. The molecule has 67 heavy (non-hydrogen) atoms. The summed E-state index contributed by atoms with van der Waals surface area (Å²) in [6.45, 7) is 0. The van der Waals surface area contributed by atoms with Crippen LogP contribution in [0.15, 0.2) is 235 Å². The highest BCUT2D eigenvalue weighted by molar-refractivity contribution is 6.30. The molecule has 0 aliphatic heterocycles. The van der Waals surface area contributed by atoms with Crippen molar-refractivity contribution in [3.8, 4) is 55.6 Å². The van der Waals surface area contributed by atoms with E-state index in [4.69, 9.17) is 4.42 Å². The molecule has 1 nitrogen and oxygen atoms in total. The lowest BCUT2D eigenvalue weighted by molar-refractivity contribution is 0.670. The Balaban J connectivity index is 0.912. The average Bonchev–Trinajstić information content (AvgIpc) is 3.77. The van der Waals surface area contributed by atoms with Gasteiger partial charge in [-0.2, -0.15) is 0 Å². The predicted molar refractivity (Wildman–Crippen MR) is 286 cm³/mol. The molecule has 15 rings (SSSR count). The van der Waals surface area contributed by atoms with E-state index in [1.54, 1.807) is 0 Å². The predicted octanol–water partition coefficient (Wildman–Crippen LogP) is 18.9. The van der Waals surface area contributed by atoms with Gasteiger partial charge in [-0.15, -0.1) is 0 Å². The van der Waals surface area contributed by atoms with Crippen LogP contribution in [0.4, 0.5) is 0 Å². The zero-order chi connectivity index (χ0) is 43.7. The first kappa shape index (κ1) is 36.5. The van der Waals surface area contributed by atoms with Crippen molar-refractivity contribution < 1.29 is 4.42 Å². The van der Waals surface area contributed by atoms with Gasteiger partial charge in [0, 0.05) is 16.3 Å². The minimum Gasteiger partial charge on any atom is -0.455 e. The summed E-state index contributed by atoms with van der Waals surface area (Å²) in [5, 5.41) is 20.0. The molecule has 14 aromatic carbocycles. The maximum absolute atomic E-state index is 7.08. The third-order valence-corrected chi connectivity index (χ3v) is 14.8. The van der Waals surface area contributed by atoms with E-state index in [2.05, 4.69) is 231 Å². The van der Waals surface area contributed by atoms with Gasteiger partial charge < -0.3 is 4.42 Å². The second kappa shape index (κ2) is 13.9. The molecule has 0 fully saturated rings. The third-order valence-electron chi connectivity index (χ3n) is 14.8. The fourth-order valence-electron chi connectivity index (χ4n) is 11.7. The third kappa shape index (κ3) is 5.31. The van der Waals surface area contributed by atoms with Crippen molar-refractivity contribution in [1.29, 1.82) is 0 Å². The minimum atomic E-state index is 0.897. The molecule has 308 valence electrons. The molecule has 0 unspecified atom stereocenters. The quantitative estimate of drug-likeness (QED) is 0.157. The summed E-state index contributed by atoms with van der Waals surface area (Å²) < 4.78 is 7.08. The molecule has 1 aromatic heterocycles. The topological polar surface area (TPSA) is 13.1 Å². The Labute approximate surface area is 386 Å². The Hall–Kier alpha value is -8.78. The largest absolute Gasteiger partial charge is 0.455 e. The fraction of sp³-hybridized carbons (Fsp3) is 0. The van der Waals surface area contributed by atoms with Gasteiger partial charge in [0.2, 0.25) is 0 Å². The van der Waals surface area contributed by atoms with Gasteiger partial charge in [0.05, 0.1) is 0 Å². The molecule has 0 amide bonds. The molecule has 0 N–H and O–H groups in total. The number of furan rings is 1. The van der Waals surface area contributed by atoms with E-state index in [0.717, 1.165) is 33.1 Å². The van der Waals surface area contributed by atoms with Crippen LogP contribution in [0, 0.1) is 0 Å². The van der Waals surface area contributed by atoms with Gasteiger partial charge in [0.15, 0.2) is 0 Å². The summed E-state index contributed by atoms with van der Waals surface area (Å²) in [5.41, 5.74) is 13.8. The minimum absolute atomic E-state index is 0.897. The first-order valence-electron chi connectivity index (χ1n) is 23.2. The summed E-state index contributed by atoms with van der Waals surface area (Å²) in [7, 11) is 0. The first-order chi connectivity index (χ1) is 33.2. The van der Waals surface area contributed by atoms with E-state index in [-0.39, 0.29) is 0 Å². The Kier molecular flexibility index (Phi) is 7.56. The van der Waals surface area contributed by atoms with Crippen LogP contribution in [0.3, 0.4) is 0 Å². The summed E-state index contributed by atoms with van der Waals surface area (Å²) in [6, 6.07) is 85.2. The zero-order valence-electron chi connectivity index (χ0n) is 36.3. The zero-order valence-corrected chi connectivity index (χ0v) is 36.3. The van der Waals surface area contributed by atoms with Crippen LogP contribution in [0.2, 0.25) is 0 Å². The van der Waals surface area contributed by atoms with Crippen molar-refractivity contribution in [2.45, 2.75) is 0 Å². The standard InChI is InChI=1S/C66H38O/c1-3-9-39(10-4-1)49-27-19-43-24-33-56-51(29-21-44-23-31-54(49)61(43)62(44)56)41-15-17-42(18-16-41)52-35-36-58(65-59-37-47-13-7-8-14-48(47)38-60(59)67-66(52)65)53-30-22-46-25-32-55-50(40-11-5-2-6-12-40)28-20-45-26-34-57(53)64(46)63(45)55/h1-38H. The number of rotatable bonds is 5. The Morgan fingerprint density at radius 2 is 0.567 bits per heavy atom. The lowest BCUT2D eigenvalue weighted by atomic mass is 9.86. The van der Waals surface area contributed by atoms with Crippen molar-refractivity contribution >= 4 is 97.3 Å². The molecule has 0 aliphatic rings. The molecular formula is C66H38O. The van der Waals surface area contributed by atoms with E-state index in [1.807, 2.05) is 0 Å². The van der Waals surface area contributed by atoms with Gasteiger partial charge >= 0.3 is 0 Å². The van der Waals surface area contributed by atoms with Crippen LogP contribution < -0.4 is 0 Å². The van der Waals surface area contributed by atoms with Crippen molar-refractivity contribution in [3.05, 3.63) is 231 Å². The van der Waals surface area contributed by atoms with E-state index < -0.39 is 0 Å². The van der Waals surface area contributed by atoms with Crippen LogP contribution >= 0.6 is 0 Å². The summed E-state index contributed by atoms with van der Waals surface area (Å²) in [6.07, 6.45) is 0. The molecule has 1 heterocycles. The van der Waals surface area contributed by atoms with E-state index in [0.29, 0.717) is 0 Å². The molecule has 0 saturated carbocycles. The second-order valence-electron chi connectivity index (χ2n) is 18.3. The number of hydrogen-bond acceptors (Lipinski definition) is 1. The monoisotopic (exact) mass is 846 g/mol. The van der Waals surface area contributed by atoms with Crippen LogP contribution in [0.25, 0.3) is 153 Å². The lowest BCUT2D eigenvalue weighted by Gasteiger charge is -2.17. The lowest BCUT2D eigenvalue weighted by Crippen LogP contribution is -1.90. The van der Waals surface area contributed by atoms with Gasteiger partial charge in [-0.3, -0.25) is 0 Å². The second-order valence-corrected chi connectivity index (χ2v) is 18.3. The van der Waals surface area contributed by atoms with Gasteiger partial charge in [0.1, 0.15) is 11.2 Å². The van der Waals surface area contributed by atoms with E-state index >= 15 is 0 Å². The van der Waals surface area contributed by atoms with Gasteiger partial charge in [0.25, 0.3) is 0 Å². The number of hydrogen-bond donors (Lipinski definition) is 0. The van der Waals surface area contributed by atoms with Crippen LogP contribution in [0.5, 0.6) is 0 Å². The average molecular weight is 847 g/mol. The van der Waals surface area contributed by atoms with Crippen molar-refractivity contribution in [2.24, 2.45) is 0 Å². The van der Waals surface area contributed by atoms with E-state index in [1.165, 1.54) is 120 Å². The Morgan fingerprint density at radius 3 is 1.06 bits per heavy atom. The Bertz CT molecular complexity index is 4460. The highest BCUT2D eigenvalue weighted by Gasteiger charge is 2.22. The first-order valence-corrected chi connectivity index (χ1v) is 23.2. The molecule has 0 atom stereocenters. The SMILES string of the molecule is c1ccc(-c2ccc3ccc4c(-c5ccc(-c6ccc(-c7ccc8ccc9c(-c%10ccccc%10)ccc%10ccc7c8c%109)c7c6oc6cc8ccccc8cc67)cc5)ccc5ccc2c3c54)cc1. The van der Waals surface area contributed by atoms with E-state index in [9.17, 15) is 0 Å². The molecule has 0 bridgehead atoms. The van der Waals surface area contributed by atoms with Crippen molar-refractivity contribution in [3.63, 3.8) is 0 Å².